The van der Waals surface area contributed by atoms with E-state index in [-0.39, 0.29) is 11.8 Å². The molecule has 1 unspecified atom stereocenters. The van der Waals surface area contributed by atoms with Crippen molar-refractivity contribution in [1.29, 1.82) is 0 Å². The first-order valence-electron chi connectivity index (χ1n) is 12.2. The smallest absolute Gasteiger partial charge is 0.253 e. The number of amides is 2. The molecule has 2 aromatic rings. The third kappa shape index (κ3) is 6.44. The van der Waals surface area contributed by atoms with Gasteiger partial charge in [0.15, 0.2) is 0 Å². The van der Waals surface area contributed by atoms with E-state index in [0.29, 0.717) is 52.5 Å². The highest BCUT2D eigenvalue weighted by Gasteiger charge is 2.41. The lowest BCUT2D eigenvalue weighted by Crippen LogP contribution is -2.51. The molecule has 0 spiro atoms. The maximum absolute atomic E-state index is 13.4. The molecule has 0 bridgehead atoms. The molecule has 2 aliphatic rings. The first kappa shape index (κ1) is 26.1. The van der Waals surface area contributed by atoms with E-state index < -0.39 is 5.41 Å². The van der Waals surface area contributed by atoms with Crippen LogP contribution in [0.4, 0.5) is 0 Å². The number of ether oxygens (including phenoxy) is 1. The van der Waals surface area contributed by atoms with Crippen LogP contribution in [0.5, 0.6) is 5.75 Å². The molecule has 2 saturated heterocycles. The second kappa shape index (κ2) is 11.4. The molecule has 188 valence electrons. The molecule has 35 heavy (non-hydrogen) atoms. The van der Waals surface area contributed by atoms with Crippen molar-refractivity contribution in [3.8, 4) is 5.75 Å². The van der Waals surface area contributed by atoms with Crippen LogP contribution in [0.2, 0.25) is 15.1 Å². The van der Waals surface area contributed by atoms with Crippen molar-refractivity contribution in [3.05, 3.63) is 62.6 Å². The van der Waals surface area contributed by atoms with Gasteiger partial charge in [-0.15, -0.1) is 0 Å². The van der Waals surface area contributed by atoms with Gasteiger partial charge in [-0.3, -0.25) is 9.59 Å². The molecule has 2 aliphatic heterocycles. The van der Waals surface area contributed by atoms with Gasteiger partial charge in [0.2, 0.25) is 5.91 Å². The fraction of sp³-hybridized carbons (Fsp3) is 0.481. The first-order valence-corrected chi connectivity index (χ1v) is 13.3. The summed E-state index contributed by atoms with van der Waals surface area (Å²) in [6.45, 7) is 4.95. The minimum Gasteiger partial charge on any atom is -0.493 e. The molecule has 2 aromatic carbocycles. The van der Waals surface area contributed by atoms with Gasteiger partial charge in [0.1, 0.15) is 5.75 Å². The Labute approximate surface area is 222 Å². The molecular formula is C27H31Cl3N2O3. The average Bonchev–Trinajstić information content (AvgIpc) is 2.86. The summed E-state index contributed by atoms with van der Waals surface area (Å²) in [7, 11) is 0. The Bertz CT molecular complexity index is 1090. The average molecular weight is 538 g/mol. The molecule has 2 heterocycles. The number of hydrogen-bond acceptors (Lipinski definition) is 3. The predicted molar refractivity (Wildman–Crippen MR) is 141 cm³/mol. The van der Waals surface area contributed by atoms with Gasteiger partial charge in [-0.05, 0) is 81.0 Å². The summed E-state index contributed by atoms with van der Waals surface area (Å²) < 4.78 is 6.24. The van der Waals surface area contributed by atoms with E-state index in [2.05, 4.69) is 0 Å². The molecule has 0 radical (unpaired) electrons. The van der Waals surface area contributed by atoms with Gasteiger partial charge in [-0.2, -0.15) is 0 Å². The zero-order valence-electron chi connectivity index (χ0n) is 20.0. The Balaban J connectivity index is 1.55. The van der Waals surface area contributed by atoms with Crippen LogP contribution in [0.25, 0.3) is 0 Å². The number of carbonyl (C=O) groups is 2. The molecule has 5 nitrogen and oxygen atoms in total. The monoisotopic (exact) mass is 536 g/mol. The highest BCUT2D eigenvalue weighted by molar-refractivity contribution is 6.42. The Morgan fingerprint density at radius 1 is 0.886 bits per heavy atom. The van der Waals surface area contributed by atoms with Crippen molar-refractivity contribution in [2.24, 2.45) is 5.41 Å². The maximum atomic E-state index is 13.4. The Hall–Kier alpha value is -1.95. The number of hydrogen-bond donors (Lipinski definition) is 0. The summed E-state index contributed by atoms with van der Waals surface area (Å²) >= 11 is 18.4. The lowest BCUT2D eigenvalue weighted by atomic mass is 9.77. The molecular weight excluding hydrogens is 507 g/mol. The summed E-state index contributed by atoms with van der Waals surface area (Å²) in [5.41, 5.74) is 0.945. The van der Waals surface area contributed by atoms with Crippen molar-refractivity contribution in [2.75, 3.05) is 32.8 Å². The molecule has 0 aromatic heterocycles. The van der Waals surface area contributed by atoms with E-state index in [4.69, 9.17) is 39.5 Å². The van der Waals surface area contributed by atoms with E-state index in [0.717, 1.165) is 44.3 Å². The van der Waals surface area contributed by atoms with Gasteiger partial charge in [-0.1, -0.05) is 34.8 Å². The number of carbonyl (C=O) groups excluding carboxylic acids is 2. The summed E-state index contributed by atoms with van der Waals surface area (Å²) in [6, 6.07) is 10.5. The Kier molecular flexibility index (Phi) is 8.51. The van der Waals surface area contributed by atoms with E-state index in [1.807, 2.05) is 34.9 Å². The first-order chi connectivity index (χ1) is 16.8. The largest absolute Gasteiger partial charge is 0.493 e. The number of piperidine rings is 2. The van der Waals surface area contributed by atoms with Crippen molar-refractivity contribution < 1.29 is 14.3 Å². The van der Waals surface area contributed by atoms with Crippen LogP contribution in [-0.2, 0) is 4.79 Å². The van der Waals surface area contributed by atoms with Gasteiger partial charge < -0.3 is 14.5 Å². The van der Waals surface area contributed by atoms with Crippen LogP contribution < -0.4 is 4.74 Å². The molecule has 1 atom stereocenters. The second-order valence-corrected chi connectivity index (χ2v) is 11.0. The number of benzene rings is 2. The van der Waals surface area contributed by atoms with Crippen LogP contribution in [0.15, 0.2) is 36.4 Å². The maximum Gasteiger partial charge on any atom is 0.253 e. The minimum absolute atomic E-state index is 0.111. The predicted octanol–water partition coefficient (Wildman–Crippen LogP) is 6.66. The van der Waals surface area contributed by atoms with Gasteiger partial charge in [-0.25, -0.2) is 0 Å². The molecule has 0 N–H and O–H groups in total. The highest BCUT2D eigenvalue weighted by atomic mass is 35.5. The van der Waals surface area contributed by atoms with Crippen LogP contribution in [-0.4, -0.2) is 54.4 Å². The fourth-order valence-electron chi connectivity index (χ4n) is 5.03. The lowest BCUT2D eigenvalue weighted by Gasteiger charge is -2.43. The van der Waals surface area contributed by atoms with Crippen molar-refractivity contribution in [1.82, 2.24) is 9.80 Å². The third-order valence-corrected chi connectivity index (χ3v) is 8.19. The topological polar surface area (TPSA) is 49.9 Å². The SMILES string of the molecule is Cc1cc(OCC2(CC(=O)N3CCCCC3)CCCN(C(=O)c3ccc(Cl)c(Cl)c3)C2)ccc1Cl. The quantitative estimate of drug-likeness (QED) is 0.414. The molecule has 0 aliphatic carbocycles. The van der Waals surface area contributed by atoms with Crippen molar-refractivity contribution >= 4 is 46.6 Å². The normalized spacial score (nSPS) is 20.6. The number of halogens is 3. The molecule has 4 rings (SSSR count). The zero-order chi connectivity index (χ0) is 25.0. The van der Waals surface area contributed by atoms with Crippen molar-refractivity contribution in [3.63, 3.8) is 0 Å². The number of rotatable bonds is 6. The van der Waals surface area contributed by atoms with Crippen LogP contribution in [0, 0.1) is 12.3 Å². The van der Waals surface area contributed by atoms with E-state index in [1.54, 1.807) is 18.2 Å². The second-order valence-electron chi connectivity index (χ2n) is 9.78. The fourth-order valence-corrected chi connectivity index (χ4v) is 5.44. The van der Waals surface area contributed by atoms with Crippen molar-refractivity contribution in [2.45, 2.75) is 45.4 Å². The summed E-state index contributed by atoms with van der Waals surface area (Å²) in [4.78, 5) is 30.5. The summed E-state index contributed by atoms with van der Waals surface area (Å²) in [6.07, 6.45) is 5.21. The Morgan fingerprint density at radius 3 is 2.31 bits per heavy atom. The zero-order valence-corrected chi connectivity index (χ0v) is 22.3. The standard InChI is InChI=1S/C27H31Cl3N2O3/c1-19-14-21(7-9-22(19)28)35-18-27(16-25(33)31-11-3-2-4-12-31)10-5-13-32(17-27)26(34)20-6-8-23(29)24(30)15-20/h6-9,14-15H,2-5,10-13,16-18H2,1H3. The van der Waals surface area contributed by atoms with E-state index >= 15 is 0 Å². The summed E-state index contributed by atoms with van der Waals surface area (Å²) in [5, 5.41) is 1.45. The molecule has 2 fully saturated rings. The lowest BCUT2D eigenvalue weighted by molar-refractivity contribution is -0.136. The Morgan fingerprint density at radius 2 is 1.60 bits per heavy atom. The molecule has 0 saturated carbocycles. The van der Waals surface area contributed by atoms with Crippen LogP contribution in [0.3, 0.4) is 0 Å². The minimum atomic E-state index is -0.480. The number of likely N-dealkylation sites (tertiary alicyclic amines) is 2. The summed E-state index contributed by atoms with van der Waals surface area (Å²) in [5.74, 6) is 0.745. The van der Waals surface area contributed by atoms with Gasteiger partial charge >= 0.3 is 0 Å². The number of nitrogens with zero attached hydrogens (tertiary/aromatic N) is 2. The highest BCUT2D eigenvalue weighted by Crippen LogP contribution is 2.37. The molecule has 8 heteroatoms. The number of aryl methyl sites for hydroxylation is 1. The van der Waals surface area contributed by atoms with E-state index in [9.17, 15) is 9.59 Å². The van der Waals surface area contributed by atoms with Gasteiger partial charge in [0.25, 0.3) is 5.91 Å². The van der Waals surface area contributed by atoms with Gasteiger partial charge in [0.05, 0.1) is 16.7 Å². The molecule has 2 amide bonds. The van der Waals surface area contributed by atoms with Crippen LogP contribution >= 0.6 is 34.8 Å². The van der Waals surface area contributed by atoms with Crippen LogP contribution in [0.1, 0.15) is 54.4 Å². The van der Waals surface area contributed by atoms with Gasteiger partial charge in [0, 0.05) is 48.6 Å². The third-order valence-electron chi connectivity index (χ3n) is 7.02. The van der Waals surface area contributed by atoms with E-state index in [1.165, 1.54) is 6.42 Å².